The summed E-state index contributed by atoms with van der Waals surface area (Å²) in [5.74, 6) is -0.654. The number of hydrogen-bond donors (Lipinski definition) is 1. The van der Waals surface area contributed by atoms with Gasteiger partial charge in [-0.3, -0.25) is 0 Å². The fraction of sp³-hybridized carbons (Fsp3) is 0.333. The summed E-state index contributed by atoms with van der Waals surface area (Å²) < 4.78 is 5.28. The normalized spacial score (nSPS) is 10.8. The number of aromatic carboxylic acids is 1. The van der Waals surface area contributed by atoms with Crippen LogP contribution < -0.4 is 0 Å². The number of aryl methyl sites for hydroxylation is 3. The summed E-state index contributed by atoms with van der Waals surface area (Å²) in [5, 5.41) is 13.1. The van der Waals surface area contributed by atoms with E-state index in [1.807, 2.05) is 27.7 Å². The summed E-state index contributed by atoms with van der Waals surface area (Å²) in [4.78, 5) is 11.4. The highest BCUT2D eigenvalue weighted by Crippen LogP contribution is 2.34. The van der Waals surface area contributed by atoms with Crippen molar-refractivity contribution < 1.29 is 14.4 Å². The van der Waals surface area contributed by atoms with Crippen molar-refractivity contribution in [3.63, 3.8) is 0 Å². The Bertz CT molecular complexity index is 642. The van der Waals surface area contributed by atoms with Gasteiger partial charge >= 0.3 is 5.97 Å². The third-order valence-electron chi connectivity index (χ3n) is 3.67. The zero-order valence-corrected chi connectivity index (χ0v) is 11.8. The second-order valence-corrected chi connectivity index (χ2v) is 4.91. The third-order valence-corrected chi connectivity index (χ3v) is 3.67. The molecular formula is C15H17NO3. The first-order chi connectivity index (χ1) is 8.84. The van der Waals surface area contributed by atoms with E-state index in [1.54, 1.807) is 6.92 Å². The van der Waals surface area contributed by atoms with Crippen molar-refractivity contribution in [3.8, 4) is 11.3 Å². The molecule has 0 aliphatic carbocycles. The molecule has 0 saturated heterocycles. The number of hydrogen-bond acceptors (Lipinski definition) is 3. The Morgan fingerprint density at radius 3 is 2.11 bits per heavy atom. The van der Waals surface area contributed by atoms with Crippen LogP contribution in [-0.2, 0) is 0 Å². The smallest absolute Gasteiger partial charge is 0.341 e. The van der Waals surface area contributed by atoms with Gasteiger partial charge in [0.15, 0.2) is 5.76 Å². The molecule has 0 saturated carbocycles. The van der Waals surface area contributed by atoms with Crippen LogP contribution in [0.5, 0.6) is 0 Å². The zero-order valence-electron chi connectivity index (χ0n) is 11.8. The topological polar surface area (TPSA) is 63.3 Å². The highest BCUT2D eigenvalue weighted by Gasteiger charge is 2.24. The molecule has 0 radical (unpaired) electrons. The second-order valence-electron chi connectivity index (χ2n) is 4.91. The zero-order chi connectivity index (χ0) is 14.3. The maximum Gasteiger partial charge on any atom is 0.341 e. The summed E-state index contributed by atoms with van der Waals surface area (Å²) in [7, 11) is 0. The molecule has 2 aromatic rings. The maximum atomic E-state index is 11.4. The Balaban J connectivity index is 2.83. The van der Waals surface area contributed by atoms with Crippen molar-refractivity contribution in [3.05, 3.63) is 39.6 Å². The van der Waals surface area contributed by atoms with Crippen molar-refractivity contribution in [2.75, 3.05) is 0 Å². The molecule has 0 aliphatic rings. The minimum atomic E-state index is -1.01. The van der Waals surface area contributed by atoms with Crippen molar-refractivity contribution in [1.29, 1.82) is 0 Å². The maximum absolute atomic E-state index is 11.4. The molecule has 0 amide bonds. The fourth-order valence-corrected chi connectivity index (χ4v) is 2.35. The van der Waals surface area contributed by atoms with Crippen LogP contribution in [0.3, 0.4) is 0 Å². The van der Waals surface area contributed by atoms with Gasteiger partial charge in [-0.1, -0.05) is 11.2 Å². The SMILES string of the molecule is Cc1cc(C)c(C)c(-c2onc(C)c2C(=O)O)c1C. The molecule has 1 heterocycles. The van der Waals surface area contributed by atoms with Crippen LogP contribution in [0.25, 0.3) is 11.3 Å². The summed E-state index contributed by atoms with van der Waals surface area (Å²) >= 11 is 0. The van der Waals surface area contributed by atoms with Gasteiger partial charge in [0.1, 0.15) is 5.56 Å². The van der Waals surface area contributed by atoms with E-state index in [0.29, 0.717) is 11.5 Å². The lowest BCUT2D eigenvalue weighted by atomic mass is 9.91. The van der Waals surface area contributed by atoms with E-state index >= 15 is 0 Å². The lowest BCUT2D eigenvalue weighted by Gasteiger charge is -2.13. The molecule has 19 heavy (non-hydrogen) atoms. The van der Waals surface area contributed by atoms with Gasteiger partial charge in [-0.25, -0.2) is 4.79 Å². The van der Waals surface area contributed by atoms with Gasteiger partial charge in [0.25, 0.3) is 0 Å². The quantitative estimate of drug-likeness (QED) is 0.895. The molecule has 1 aromatic heterocycles. The second kappa shape index (κ2) is 4.53. The predicted molar refractivity (Wildman–Crippen MR) is 72.6 cm³/mol. The average molecular weight is 259 g/mol. The molecule has 4 heteroatoms. The van der Waals surface area contributed by atoms with E-state index in [2.05, 4.69) is 11.2 Å². The van der Waals surface area contributed by atoms with Gasteiger partial charge < -0.3 is 9.63 Å². The number of carboxylic acids is 1. The summed E-state index contributed by atoms with van der Waals surface area (Å²) in [6, 6.07) is 2.10. The Labute approximate surface area is 112 Å². The number of carbonyl (C=O) groups is 1. The van der Waals surface area contributed by atoms with Gasteiger partial charge in [0, 0.05) is 5.56 Å². The standard InChI is InChI=1S/C15H17NO3/c1-7-6-8(2)10(4)12(9(7)3)14-13(15(17)18)11(5)16-19-14/h6H,1-5H3,(H,17,18). The van der Waals surface area contributed by atoms with Crippen molar-refractivity contribution in [2.24, 2.45) is 0 Å². The van der Waals surface area contributed by atoms with E-state index in [4.69, 9.17) is 4.52 Å². The lowest BCUT2D eigenvalue weighted by Crippen LogP contribution is -2.02. The molecule has 0 aliphatic heterocycles. The minimum absolute atomic E-state index is 0.149. The Morgan fingerprint density at radius 2 is 1.63 bits per heavy atom. The highest BCUT2D eigenvalue weighted by molar-refractivity contribution is 5.96. The van der Waals surface area contributed by atoms with E-state index < -0.39 is 5.97 Å². The van der Waals surface area contributed by atoms with E-state index in [0.717, 1.165) is 27.8 Å². The molecule has 4 nitrogen and oxygen atoms in total. The first-order valence-corrected chi connectivity index (χ1v) is 6.12. The molecular weight excluding hydrogens is 242 g/mol. The number of aromatic nitrogens is 1. The van der Waals surface area contributed by atoms with Crippen LogP contribution in [0.4, 0.5) is 0 Å². The van der Waals surface area contributed by atoms with Crippen LogP contribution in [0.2, 0.25) is 0 Å². The van der Waals surface area contributed by atoms with Crippen LogP contribution >= 0.6 is 0 Å². The fourth-order valence-electron chi connectivity index (χ4n) is 2.35. The number of carboxylic acid groups (broad SMARTS) is 1. The molecule has 0 fully saturated rings. The highest BCUT2D eigenvalue weighted by atomic mass is 16.5. The summed E-state index contributed by atoms with van der Waals surface area (Å²) in [6.45, 7) is 9.61. The average Bonchev–Trinajstić information content (AvgIpc) is 2.69. The van der Waals surface area contributed by atoms with Gasteiger partial charge in [-0.15, -0.1) is 0 Å². The van der Waals surface area contributed by atoms with Crippen molar-refractivity contribution in [2.45, 2.75) is 34.6 Å². The van der Waals surface area contributed by atoms with Gasteiger partial charge in [0.05, 0.1) is 5.69 Å². The van der Waals surface area contributed by atoms with Gasteiger partial charge in [-0.2, -0.15) is 0 Å². The molecule has 0 unspecified atom stereocenters. The van der Waals surface area contributed by atoms with Crippen molar-refractivity contribution in [1.82, 2.24) is 5.16 Å². The van der Waals surface area contributed by atoms with Gasteiger partial charge in [0.2, 0.25) is 0 Å². The molecule has 0 spiro atoms. The minimum Gasteiger partial charge on any atom is -0.477 e. The van der Waals surface area contributed by atoms with E-state index in [-0.39, 0.29) is 5.56 Å². The summed E-state index contributed by atoms with van der Waals surface area (Å²) in [5.41, 5.74) is 5.68. The van der Waals surface area contributed by atoms with Crippen molar-refractivity contribution >= 4 is 5.97 Å². The first-order valence-electron chi connectivity index (χ1n) is 6.12. The summed E-state index contributed by atoms with van der Waals surface area (Å²) in [6.07, 6.45) is 0. The van der Waals surface area contributed by atoms with Crippen LogP contribution in [0.15, 0.2) is 10.6 Å². The lowest BCUT2D eigenvalue weighted by molar-refractivity contribution is 0.0696. The number of benzene rings is 1. The molecule has 1 aromatic carbocycles. The molecule has 100 valence electrons. The van der Waals surface area contributed by atoms with E-state index in [1.165, 1.54) is 0 Å². The number of nitrogens with zero attached hydrogens (tertiary/aromatic N) is 1. The monoisotopic (exact) mass is 259 g/mol. The predicted octanol–water partition coefficient (Wildman–Crippen LogP) is 3.58. The molecule has 2 rings (SSSR count). The largest absolute Gasteiger partial charge is 0.477 e. The van der Waals surface area contributed by atoms with Crippen LogP contribution in [0.1, 0.15) is 38.3 Å². The molecule has 0 atom stereocenters. The Hall–Kier alpha value is -2.10. The Morgan fingerprint density at radius 1 is 1.11 bits per heavy atom. The third kappa shape index (κ3) is 2.03. The Kier molecular flexibility index (Phi) is 3.18. The first kappa shape index (κ1) is 13.3. The van der Waals surface area contributed by atoms with Crippen LogP contribution in [0, 0.1) is 34.6 Å². The van der Waals surface area contributed by atoms with Gasteiger partial charge in [-0.05, 0) is 56.9 Å². The number of rotatable bonds is 2. The molecule has 1 N–H and O–H groups in total. The van der Waals surface area contributed by atoms with E-state index in [9.17, 15) is 9.90 Å². The van der Waals surface area contributed by atoms with Crippen LogP contribution in [-0.4, -0.2) is 16.2 Å². The molecule has 0 bridgehead atoms.